The predicted molar refractivity (Wildman–Crippen MR) is 91.6 cm³/mol. The number of ether oxygens (including phenoxy) is 1. The predicted octanol–water partition coefficient (Wildman–Crippen LogP) is 0.530. The van der Waals surface area contributed by atoms with Gasteiger partial charge in [0.05, 0.1) is 5.75 Å². The van der Waals surface area contributed by atoms with Crippen molar-refractivity contribution in [2.75, 3.05) is 38.6 Å². The highest BCUT2D eigenvalue weighted by atomic mass is 32.2. The molecule has 1 unspecified atom stereocenters. The molecule has 0 radical (unpaired) electrons. The van der Waals surface area contributed by atoms with Gasteiger partial charge < -0.3 is 14.7 Å². The number of hydrogen-bond acceptors (Lipinski definition) is 5. The normalized spacial score (nSPS) is 22.8. The number of rotatable bonds is 8. The van der Waals surface area contributed by atoms with E-state index in [-0.39, 0.29) is 24.2 Å². The first kappa shape index (κ1) is 20.1. The van der Waals surface area contributed by atoms with Crippen molar-refractivity contribution in [1.29, 1.82) is 0 Å². The Labute approximate surface area is 149 Å². The van der Waals surface area contributed by atoms with Crippen LogP contribution in [0.5, 0.6) is 0 Å². The van der Waals surface area contributed by atoms with E-state index < -0.39 is 16.0 Å². The lowest BCUT2D eigenvalue weighted by atomic mass is 10.00. The van der Waals surface area contributed by atoms with Gasteiger partial charge in [0.1, 0.15) is 6.54 Å². The number of carboxylic acid groups (broad SMARTS) is 1. The van der Waals surface area contributed by atoms with Gasteiger partial charge in [-0.3, -0.25) is 9.59 Å². The Morgan fingerprint density at radius 2 is 1.92 bits per heavy atom. The van der Waals surface area contributed by atoms with E-state index in [0.717, 1.165) is 13.0 Å². The van der Waals surface area contributed by atoms with Crippen LogP contribution in [0.4, 0.5) is 0 Å². The Bertz CT molecular complexity index is 565. The molecular weight excluding hydrogens is 348 g/mol. The molecular formula is C16H28N2O6S. The maximum atomic E-state index is 12.6. The van der Waals surface area contributed by atoms with Crippen molar-refractivity contribution < 1.29 is 27.9 Å². The molecule has 8 nitrogen and oxygen atoms in total. The first-order chi connectivity index (χ1) is 11.8. The zero-order valence-electron chi connectivity index (χ0n) is 14.7. The summed E-state index contributed by atoms with van der Waals surface area (Å²) in [5.41, 5.74) is 0. The second-order valence-corrected chi connectivity index (χ2v) is 8.97. The summed E-state index contributed by atoms with van der Waals surface area (Å²) in [6, 6.07) is -0.216. The summed E-state index contributed by atoms with van der Waals surface area (Å²) in [5.74, 6) is -0.779. The van der Waals surface area contributed by atoms with Crippen LogP contribution >= 0.6 is 0 Å². The zero-order valence-corrected chi connectivity index (χ0v) is 15.5. The van der Waals surface area contributed by atoms with Crippen molar-refractivity contribution in [3.05, 3.63) is 0 Å². The molecule has 1 amide bonds. The average Bonchev–Trinajstić information content (AvgIpc) is 3.11. The van der Waals surface area contributed by atoms with Crippen LogP contribution in [0, 0.1) is 5.92 Å². The van der Waals surface area contributed by atoms with Gasteiger partial charge in [0.2, 0.25) is 15.9 Å². The Kier molecular flexibility index (Phi) is 7.21. The molecule has 2 heterocycles. The second-order valence-electron chi connectivity index (χ2n) is 6.71. The van der Waals surface area contributed by atoms with Gasteiger partial charge in [-0.25, -0.2) is 12.7 Å². The molecule has 0 aromatic rings. The smallest absolute Gasteiger partial charge is 0.323 e. The lowest BCUT2D eigenvalue weighted by Crippen LogP contribution is -2.50. The van der Waals surface area contributed by atoms with Crippen molar-refractivity contribution in [1.82, 2.24) is 9.21 Å². The highest BCUT2D eigenvalue weighted by Gasteiger charge is 2.33. The topological polar surface area (TPSA) is 104 Å². The number of aliphatic carboxylic acids is 1. The van der Waals surface area contributed by atoms with Crippen LogP contribution in [-0.4, -0.2) is 79.2 Å². The van der Waals surface area contributed by atoms with Crippen molar-refractivity contribution in [2.45, 2.75) is 45.1 Å². The van der Waals surface area contributed by atoms with Crippen molar-refractivity contribution in [2.24, 2.45) is 5.92 Å². The quantitative estimate of drug-likeness (QED) is 0.663. The fraction of sp³-hybridized carbons (Fsp3) is 0.875. The fourth-order valence-corrected chi connectivity index (χ4v) is 4.60. The van der Waals surface area contributed by atoms with E-state index in [1.54, 1.807) is 6.92 Å². The van der Waals surface area contributed by atoms with Crippen LogP contribution in [0.25, 0.3) is 0 Å². The molecule has 0 aromatic carbocycles. The largest absolute Gasteiger partial charge is 0.480 e. The SMILES string of the molecule is CCS(=O)(=O)N1CCC(N(CC(=O)O)C(=O)CCC2CCOC2)CC1. The number of hydrogen-bond donors (Lipinski definition) is 1. The number of nitrogens with zero attached hydrogens (tertiary/aromatic N) is 2. The molecule has 1 N–H and O–H groups in total. The van der Waals surface area contributed by atoms with Crippen LogP contribution < -0.4 is 0 Å². The third kappa shape index (κ3) is 5.65. The first-order valence-electron chi connectivity index (χ1n) is 8.90. The van der Waals surface area contributed by atoms with Crippen molar-refractivity contribution >= 4 is 21.9 Å². The number of carboxylic acids is 1. The van der Waals surface area contributed by atoms with Crippen LogP contribution in [0.3, 0.4) is 0 Å². The zero-order chi connectivity index (χ0) is 18.4. The number of carbonyl (C=O) groups is 2. The molecule has 2 rings (SSSR count). The Morgan fingerprint density at radius 1 is 1.24 bits per heavy atom. The molecule has 0 aromatic heterocycles. The summed E-state index contributed by atoms with van der Waals surface area (Å²) in [6.45, 7) is 3.34. The Morgan fingerprint density at radius 3 is 2.44 bits per heavy atom. The van der Waals surface area contributed by atoms with E-state index in [1.807, 2.05) is 0 Å². The van der Waals surface area contributed by atoms with Crippen molar-refractivity contribution in [3.63, 3.8) is 0 Å². The second kappa shape index (κ2) is 8.95. The third-order valence-corrected chi connectivity index (χ3v) is 6.92. The van der Waals surface area contributed by atoms with Gasteiger partial charge >= 0.3 is 5.97 Å². The lowest BCUT2D eigenvalue weighted by Gasteiger charge is -2.37. The van der Waals surface area contributed by atoms with Gasteiger partial charge in [0.25, 0.3) is 0 Å². The maximum absolute atomic E-state index is 12.6. The van der Waals surface area contributed by atoms with E-state index in [9.17, 15) is 18.0 Å². The van der Waals surface area contributed by atoms with Gasteiger partial charge in [-0.2, -0.15) is 0 Å². The first-order valence-corrected chi connectivity index (χ1v) is 10.5. The van der Waals surface area contributed by atoms with Crippen LogP contribution in [-0.2, 0) is 24.3 Å². The molecule has 2 aliphatic heterocycles. The molecule has 9 heteroatoms. The minimum absolute atomic E-state index is 0.0545. The van der Waals surface area contributed by atoms with Gasteiger partial charge in [0.15, 0.2) is 0 Å². The van der Waals surface area contributed by atoms with E-state index in [0.29, 0.717) is 51.3 Å². The Hall–Kier alpha value is -1.19. The average molecular weight is 376 g/mol. The summed E-state index contributed by atoms with van der Waals surface area (Å²) in [4.78, 5) is 25.2. The summed E-state index contributed by atoms with van der Waals surface area (Å²) < 4.78 is 30.6. The highest BCUT2D eigenvalue weighted by Crippen LogP contribution is 2.22. The summed E-state index contributed by atoms with van der Waals surface area (Å²) in [5, 5.41) is 9.14. The summed E-state index contributed by atoms with van der Waals surface area (Å²) in [6.07, 6.45) is 2.92. The van der Waals surface area contributed by atoms with Gasteiger partial charge in [-0.1, -0.05) is 0 Å². The summed E-state index contributed by atoms with van der Waals surface area (Å²) in [7, 11) is -3.24. The number of carbonyl (C=O) groups excluding carboxylic acids is 1. The van der Waals surface area contributed by atoms with E-state index in [2.05, 4.69) is 0 Å². The van der Waals surface area contributed by atoms with E-state index >= 15 is 0 Å². The van der Waals surface area contributed by atoms with Crippen molar-refractivity contribution in [3.8, 4) is 0 Å². The molecule has 25 heavy (non-hydrogen) atoms. The molecule has 0 aliphatic carbocycles. The van der Waals surface area contributed by atoms with Crippen LogP contribution in [0.15, 0.2) is 0 Å². The molecule has 0 saturated carbocycles. The number of sulfonamides is 1. The van der Waals surface area contributed by atoms with E-state index in [1.165, 1.54) is 9.21 Å². The number of amides is 1. The minimum Gasteiger partial charge on any atom is -0.480 e. The maximum Gasteiger partial charge on any atom is 0.323 e. The summed E-state index contributed by atoms with van der Waals surface area (Å²) >= 11 is 0. The Balaban J connectivity index is 1.92. The van der Waals surface area contributed by atoms with Gasteiger partial charge in [0, 0.05) is 38.8 Å². The molecule has 2 saturated heterocycles. The number of piperidine rings is 1. The molecule has 1 atom stereocenters. The lowest BCUT2D eigenvalue weighted by molar-refractivity contribution is -0.147. The van der Waals surface area contributed by atoms with Crippen LogP contribution in [0.2, 0.25) is 0 Å². The van der Waals surface area contributed by atoms with Gasteiger partial charge in [-0.05, 0) is 38.5 Å². The van der Waals surface area contributed by atoms with Crippen LogP contribution in [0.1, 0.15) is 39.0 Å². The molecule has 0 spiro atoms. The highest BCUT2D eigenvalue weighted by molar-refractivity contribution is 7.89. The molecule has 2 aliphatic rings. The molecule has 144 valence electrons. The van der Waals surface area contributed by atoms with Gasteiger partial charge in [-0.15, -0.1) is 0 Å². The fourth-order valence-electron chi connectivity index (χ4n) is 3.46. The minimum atomic E-state index is -3.24. The molecule has 2 fully saturated rings. The third-order valence-electron chi connectivity index (χ3n) is 5.04. The molecule has 0 bridgehead atoms. The van der Waals surface area contributed by atoms with E-state index in [4.69, 9.17) is 9.84 Å². The standard InChI is InChI=1S/C16H28N2O6S/c1-2-25(22,23)17-8-5-14(6-9-17)18(11-16(20)21)15(19)4-3-13-7-10-24-12-13/h13-14H,2-12H2,1H3,(H,20,21). The monoisotopic (exact) mass is 376 g/mol.